The summed E-state index contributed by atoms with van der Waals surface area (Å²) in [6.07, 6.45) is -1.37. The van der Waals surface area contributed by atoms with E-state index in [9.17, 15) is 14.3 Å². The summed E-state index contributed by atoms with van der Waals surface area (Å²) in [5.74, 6) is -0.395. The van der Waals surface area contributed by atoms with E-state index in [2.05, 4.69) is 6.58 Å². The highest BCUT2D eigenvalue weighted by molar-refractivity contribution is 6.09. The largest absolute Gasteiger partial charge is 0.497 e. The Balaban J connectivity index is 2.22. The number of aliphatic hydroxyl groups is 1. The molecule has 1 N–H and O–H groups in total. The predicted octanol–water partition coefficient (Wildman–Crippen LogP) is 3.31. The molecule has 2 aromatic rings. The molecule has 0 saturated heterocycles. The van der Waals surface area contributed by atoms with Crippen LogP contribution in [0.15, 0.2) is 60.7 Å². The van der Waals surface area contributed by atoms with Gasteiger partial charge in [-0.05, 0) is 30.3 Å². The molecular weight excluding hydrogens is 271 g/mol. The number of benzene rings is 2. The fourth-order valence-electron chi connectivity index (χ4n) is 1.94. The van der Waals surface area contributed by atoms with Gasteiger partial charge in [0.1, 0.15) is 17.7 Å². The average molecular weight is 286 g/mol. The minimum absolute atomic E-state index is 0.0318. The molecule has 0 saturated carbocycles. The number of methoxy groups -OCH3 is 1. The van der Waals surface area contributed by atoms with Gasteiger partial charge in [0.15, 0.2) is 5.78 Å². The maximum Gasteiger partial charge on any atom is 0.191 e. The van der Waals surface area contributed by atoms with Gasteiger partial charge in [0.2, 0.25) is 0 Å². The van der Waals surface area contributed by atoms with Crippen LogP contribution in [0.1, 0.15) is 22.0 Å². The summed E-state index contributed by atoms with van der Waals surface area (Å²) >= 11 is 0. The Hall–Kier alpha value is -2.46. The lowest BCUT2D eigenvalue weighted by atomic mass is 9.95. The quantitative estimate of drug-likeness (QED) is 0.677. The molecule has 2 rings (SSSR count). The number of Topliss-reactive ketones (excluding diaryl/α,β-unsaturated/α-hetero) is 1. The number of rotatable bonds is 5. The van der Waals surface area contributed by atoms with Crippen molar-refractivity contribution in [2.75, 3.05) is 7.11 Å². The van der Waals surface area contributed by atoms with Gasteiger partial charge < -0.3 is 9.84 Å². The number of aliphatic hydroxyl groups excluding tert-OH is 1. The number of hydrogen-bond acceptors (Lipinski definition) is 3. The normalized spacial score (nSPS) is 11.8. The number of hydrogen-bond donors (Lipinski definition) is 1. The highest BCUT2D eigenvalue weighted by Crippen LogP contribution is 2.26. The second kappa shape index (κ2) is 6.33. The van der Waals surface area contributed by atoms with E-state index in [0.29, 0.717) is 11.3 Å². The Bertz CT molecular complexity index is 662. The van der Waals surface area contributed by atoms with E-state index >= 15 is 0 Å². The molecule has 0 spiro atoms. The van der Waals surface area contributed by atoms with Crippen LogP contribution in [0.3, 0.4) is 0 Å². The van der Waals surface area contributed by atoms with E-state index in [0.717, 1.165) is 0 Å². The topological polar surface area (TPSA) is 46.5 Å². The number of ether oxygens (including phenoxy) is 1. The minimum Gasteiger partial charge on any atom is -0.497 e. The second-order valence-electron chi connectivity index (χ2n) is 4.51. The van der Waals surface area contributed by atoms with Gasteiger partial charge in [-0.1, -0.05) is 24.8 Å². The van der Waals surface area contributed by atoms with Gasteiger partial charge in [-0.25, -0.2) is 4.39 Å². The molecule has 108 valence electrons. The van der Waals surface area contributed by atoms with Crippen molar-refractivity contribution in [2.24, 2.45) is 0 Å². The van der Waals surface area contributed by atoms with E-state index in [-0.39, 0.29) is 11.1 Å². The predicted molar refractivity (Wildman–Crippen MR) is 77.8 cm³/mol. The van der Waals surface area contributed by atoms with Crippen LogP contribution >= 0.6 is 0 Å². The molecule has 21 heavy (non-hydrogen) atoms. The molecule has 4 heteroatoms. The van der Waals surface area contributed by atoms with E-state index < -0.39 is 17.7 Å². The highest BCUT2D eigenvalue weighted by atomic mass is 19.1. The standard InChI is InChI=1S/C17H15FO3/c1-11(17(20)14-5-3-4-6-15(14)18)16(19)12-7-9-13(21-2)10-8-12/h3-10,17,20H,1H2,2H3. The zero-order valence-electron chi connectivity index (χ0n) is 11.5. The molecule has 0 heterocycles. The third-order valence-electron chi connectivity index (χ3n) is 3.17. The second-order valence-corrected chi connectivity index (χ2v) is 4.51. The number of carbonyl (C=O) groups excluding carboxylic acids is 1. The number of halogens is 1. The highest BCUT2D eigenvalue weighted by Gasteiger charge is 2.22. The van der Waals surface area contributed by atoms with Crippen LogP contribution in [-0.4, -0.2) is 18.0 Å². The van der Waals surface area contributed by atoms with Crippen molar-refractivity contribution in [3.05, 3.63) is 77.6 Å². The number of ketones is 1. The fraction of sp³-hybridized carbons (Fsp3) is 0.118. The van der Waals surface area contributed by atoms with Crippen LogP contribution in [0.4, 0.5) is 4.39 Å². The molecule has 0 aromatic heterocycles. The lowest BCUT2D eigenvalue weighted by Gasteiger charge is -2.14. The Morgan fingerprint density at radius 3 is 2.38 bits per heavy atom. The summed E-state index contributed by atoms with van der Waals surface area (Å²) in [5, 5.41) is 10.1. The molecule has 0 aliphatic carbocycles. The van der Waals surface area contributed by atoms with Gasteiger partial charge in [0.05, 0.1) is 7.11 Å². The average Bonchev–Trinajstić information content (AvgIpc) is 2.53. The van der Waals surface area contributed by atoms with Crippen molar-refractivity contribution >= 4 is 5.78 Å². The molecule has 0 amide bonds. The van der Waals surface area contributed by atoms with Crippen molar-refractivity contribution in [2.45, 2.75) is 6.10 Å². The molecular formula is C17H15FO3. The molecule has 2 aromatic carbocycles. The summed E-state index contributed by atoms with van der Waals surface area (Å²) in [5.41, 5.74) is 0.311. The van der Waals surface area contributed by atoms with Gasteiger partial charge in [0, 0.05) is 16.7 Å². The van der Waals surface area contributed by atoms with Crippen molar-refractivity contribution in [3.8, 4) is 5.75 Å². The lowest BCUT2D eigenvalue weighted by molar-refractivity contribution is 0.0986. The first kappa shape index (κ1) is 14.9. The maximum absolute atomic E-state index is 13.6. The van der Waals surface area contributed by atoms with Crippen molar-refractivity contribution < 1.29 is 19.0 Å². The molecule has 1 unspecified atom stereocenters. The summed E-state index contributed by atoms with van der Waals surface area (Å²) in [6, 6.07) is 12.2. The van der Waals surface area contributed by atoms with Crippen molar-refractivity contribution in [1.29, 1.82) is 0 Å². The molecule has 0 aliphatic heterocycles. The zero-order valence-corrected chi connectivity index (χ0v) is 11.5. The van der Waals surface area contributed by atoms with E-state index in [1.165, 1.54) is 25.3 Å². The first-order chi connectivity index (χ1) is 10.0. The smallest absolute Gasteiger partial charge is 0.191 e. The van der Waals surface area contributed by atoms with Gasteiger partial charge in [-0.15, -0.1) is 0 Å². The Morgan fingerprint density at radius 1 is 1.19 bits per heavy atom. The first-order valence-corrected chi connectivity index (χ1v) is 6.34. The van der Waals surface area contributed by atoms with Crippen LogP contribution < -0.4 is 4.74 Å². The number of carbonyl (C=O) groups is 1. The minimum atomic E-state index is -1.37. The lowest BCUT2D eigenvalue weighted by Crippen LogP contribution is -2.12. The zero-order chi connectivity index (χ0) is 15.4. The Kier molecular flexibility index (Phi) is 4.50. The van der Waals surface area contributed by atoms with E-state index in [1.807, 2.05) is 0 Å². The summed E-state index contributed by atoms with van der Waals surface area (Å²) < 4.78 is 18.6. The van der Waals surface area contributed by atoms with Gasteiger partial charge in [-0.3, -0.25) is 4.79 Å². The van der Waals surface area contributed by atoms with Gasteiger partial charge in [-0.2, -0.15) is 0 Å². The van der Waals surface area contributed by atoms with Crippen molar-refractivity contribution in [3.63, 3.8) is 0 Å². The molecule has 0 bridgehead atoms. The third-order valence-corrected chi connectivity index (χ3v) is 3.17. The van der Waals surface area contributed by atoms with Crippen LogP contribution in [0.5, 0.6) is 5.75 Å². The van der Waals surface area contributed by atoms with E-state index in [1.54, 1.807) is 30.3 Å². The molecule has 0 fully saturated rings. The molecule has 1 atom stereocenters. The van der Waals surface area contributed by atoms with Gasteiger partial charge >= 0.3 is 0 Å². The summed E-state index contributed by atoms with van der Waals surface area (Å²) in [4.78, 5) is 12.2. The summed E-state index contributed by atoms with van der Waals surface area (Å²) in [6.45, 7) is 3.59. The molecule has 3 nitrogen and oxygen atoms in total. The van der Waals surface area contributed by atoms with Crippen LogP contribution in [-0.2, 0) is 0 Å². The Morgan fingerprint density at radius 2 is 1.81 bits per heavy atom. The Labute approximate surface area is 122 Å². The summed E-state index contributed by atoms with van der Waals surface area (Å²) in [7, 11) is 1.53. The van der Waals surface area contributed by atoms with Crippen molar-refractivity contribution in [1.82, 2.24) is 0 Å². The maximum atomic E-state index is 13.6. The molecule has 0 radical (unpaired) electrons. The third kappa shape index (κ3) is 3.17. The van der Waals surface area contributed by atoms with E-state index in [4.69, 9.17) is 4.74 Å². The fourth-order valence-corrected chi connectivity index (χ4v) is 1.94. The molecule has 0 aliphatic rings. The monoisotopic (exact) mass is 286 g/mol. The van der Waals surface area contributed by atoms with Crippen LogP contribution in [0.25, 0.3) is 0 Å². The van der Waals surface area contributed by atoms with Crippen LogP contribution in [0, 0.1) is 5.82 Å². The van der Waals surface area contributed by atoms with Gasteiger partial charge in [0.25, 0.3) is 0 Å². The van der Waals surface area contributed by atoms with Crippen LogP contribution in [0.2, 0.25) is 0 Å². The SMILES string of the molecule is C=C(C(=O)c1ccc(OC)cc1)C(O)c1ccccc1F. The first-order valence-electron chi connectivity index (χ1n) is 6.34.